The summed E-state index contributed by atoms with van der Waals surface area (Å²) in [6, 6.07) is 0. The summed E-state index contributed by atoms with van der Waals surface area (Å²) >= 11 is 0. The van der Waals surface area contributed by atoms with E-state index in [1.165, 1.54) is 6.92 Å². The number of ether oxygens (including phenoxy) is 1. The van der Waals surface area contributed by atoms with Gasteiger partial charge in [-0.1, -0.05) is 41.0 Å². The van der Waals surface area contributed by atoms with Gasteiger partial charge >= 0.3 is 11.9 Å². The fourth-order valence-electron chi connectivity index (χ4n) is 1.89. The third-order valence-corrected chi connectivity index (χ3v) is 4.04. The molecule has 0 saturated heterocycles. The monoisotopic (exact) mass is 286 g/mol. The quantitative estimate of drug-likeness (QED) is 0.570. The standard InChI is InChI=1S/C16H30O4/c1-11(2)9-8-10-12(3)20-14(19)16(7,13(17)18)15(4,5)6/h11-12H,8-10H2,1-7H3,(H,17,18). The van der Waals surface area contributed by atoms with Crippen molar-refractivity contribution in [2.75, 3.05) is 0 Å². The van der Waals surface area contributed by atoms with Crippen molar-refractivity contribution in [2.45, 2.75) is 73.8 Å². The smallest absolute Gasteiger partial charge is 0.324 e. The molecule has 0 aromatic carbocycles. The summed E-state index contributed by atoms with van der Waals surface area (Å²) in [4.78, 5) is 23.8. The van der Waals surface area contributed by atoms with Crippen LogP contribution in [0.3, 0.4) is 0 Å². The van der Waals surface area contributed by atoms with Crippen molar-refractivity contribution in [3.63, 3.8) is 0 Å². The molecule has 0 aliphatic carbocycles. The van der Waals surface area contributed by atoms with Crippen LogP contribution in [0.4, 0.5) is 0 Å². The van der Waals surface area contributed by atoms with E-state index in [9.17, 15) is 14.7 Å². The molecule has 0 aromatic heterocycles. The second-order valence-electron chi connectivity index (χ2n) is 7.22. The molecule has 0 radical (unpaired) electrons. The van der Waals surface area contributed by atoms with Crippen molar-refractivity contribution >= 4 is 11.9 Å². The van der Waals surface area contributed by atoms with Crippen molar-refractivity contribution in [1.29, 1.82) is 0 Å². The molecule has 4 heteroatoms. The number of carboxylic acid groups (broad SMARTS) is 1. The Morgan fingerprint density at radius 3 is 1.90 bits per heavy atom. The molecule has 0 aromatic rings. The van der Waals surface area contributed by atoms with Crippen LogP contribution in [0, 0.1) is 16.7 Å². The summed E-state index contributed by atoms with van der Waals surface area (Å²) in [5, 5.41) is 9.40. The van der Waals surface area contributed by atoms with E-state index in [4.69, 9.17) is 4.74 Å². The zero-order chi connectivity index (χ0) is 16.1. The van der Waals surface area contributed by atoms with Crippen molar-refractivity contribution in [2.24, 2.45) is 16.7 Å². The first-order valence-corrected chi connectivity index (χ1v) is 7.37. The molecule has 0 aliphatic heterocycles. The number of carbonyl (C=O) groups is 2. The molecule has 2 atom stereocenters. The molecular weight excluding hydrogens is 256 g/mol. The van der Waals surface area contributed by atoms with Crippen LogP contribution in [0.15, 0.2) is 0 Å². The molecule has 0 saturated carbocycles. The second-order valence-corrected chi connectivity index (χ2v) is 7.22. The lowest BCUT2D eigenvalue weighted by Gasteiger charge is -2.36. The lowest BCUT2D eigenvalue weighted by molar-refractivity contribution is -0.179. The average Bonchev–Trinajstić information content (AvgIpc) is 2.24. The highest BCUT2D eigenvalue weighted by Crippen LogP contribution is 2.40. The van der Waals surface area contributed by atoms with Gasteiger partial charge in [-0.15, -0.1) is 0 Å². The molecule has 0 spiro atoms. The molecule has 4 nitrogen and oxygen atoms in total. The summed E-state index contributed by atoms with van der Waals surface area (Å²) in [6.45, 7) is 12.8. The Morgan fingerprint density at radius 2 is 1.55 bits per heavy atom. The fraction of sp³-hybridized carbons (Fsp3) is 0.875. The molecule has 2 unspecified atom stereocenters. The number of hydrogen-bond acceptors (Lipinski definition) is 3. The first kappa shape index (κ1) is 18.9. The normalized spacial score (nSPS) is 16.6. The van der Waals surface area contributed by atoms with Crippen LogP contribution in [0.25, 0.3) is 0 Å². The molecule has 0 heterocycles. The minimum atomic E-state index is -1.53. The van der Waals surface area contributed by atoms with Crippen molar-refractivity contribution in [3.05, 3.63) is 0 Å². The van der Waals surface area contributed by atoms with E-state index in [-0.39, 0.29) is 6.10 Å². The highest BCUT2D eigenvalue weighted by atomic mass is 16.5. The van der Waals surface area contributed by atoms with Crippen LogP contribution in [0.1, 0.15) is 67.7 Å². The van der Waals surface area contributed by atoms with Gasteiger partial charge in [0, 0.05) is 0 Å². The molecule has 20 heavy (non-hydrogen) atoms. The highest BCUT2D eigenvalue weighted by molar-refractivity contribution is 5.99. The van der Waals surface area contributed by atoms with Crippen LogP contribution in [-0.4, -0.2) is 23.1 Å². The second kappa shape index (κ2) is 7.09. The molecule has 1 N–H and O–H groups in total. The van der Waals surface area contributed by atoms with Gasteiger partial charge < -0.3 is 9.84 Å². The Balaban J connectivity index is 4.68. The van der Waals surface area contributed by atoms with Crippen molar-refractivity contribution < 1.29 is 19.4 Å². The van der Waals surface area contributed by atoms with Gasteiger partial charge in [0.15, 0.2) is 5.41 Å². The maximum Gasteiger partial charge on any atom is 0.324 e. The fourth-order valence-corrected chi connectivity index (χ4v) is 1.89. The zero-order valence-corrected chi connectivity index (χ0v) is 13.9. The van der Waals surface area contributed by atoms with Crippen LogP contribution in [-0.2, 0) is 14.3 Å². The van der Waals surface area contributed by atoms with E-state index in [0.29, 0.717) is 5.92 Å². The Kier molecular flexibility index (Phi) is 6.72. The van der Waals surface area contributed by atoms with Gasteiger partial charge in [0.2, 0.25) is 0 Å². The lowest BCUT2D eigenvalue weighted by Crippen LogP contribution is -2.48. The van der Waals surface area contributed by atoms with Crippen LogP contribution in [0.5, 0.6) is 0 Å². The molecule has 0 bridgehead atoms. The van der Waals surface area contributed by atoms with Crippen LogP contribution < -0.4 is 0 Å². The SMILES string of the molecule is CC(C)CCCC(C)OC(=O)C(C)(C(=O)O)C(C)(C)C. The van der Waals surface area contributed by atoms with E-state index in [0.717, 1.165) is 19.3 Å². The number of aliphatic carboxylic acids is 1. The molecule has 0 aliphatic rings. The van der Waals surface area contributed by atoms with E-state index in [1.54, 1.807) is 20.8 Å². The van der Waals surface area contributed by atoms with E-state index in [2.05, 4.69) is 13.8 Å². The first-order chi connectivity index (χ1) is 8.92. The van der Waals surface area contributed by atoms with Gasteiger partial charge in [0.1, 0.15) is 0 Å². The summed E-state index contributed by atoms with van der Waals surface area (Å²) < 4.78 is 5.37. The predicted octanol–water partition coefficient (Wildman–Crippen LogP) is 3.88. The first-order valence-electron chi connectivity index (χ1n) is 7.37. The van der Waals surface area contributed by atoms with Gasteiger partial charge in [-0.05, 0) is 38.0 Å². The molecular formula is C16H30O4. The maximum absolute atomic E-state index is 12.3. The summed E-state index contributed by atoms with van der Waals surface area (Å²) in [7, 11) is 0. The van der Waals surface area contributed by atoms with Gasteiger partial charge in [-0.3, -0.25) is 9.59 Å². The Bertz CT molecular complexity index is 341. The minimum absolute atomic E-state index is 0.248. The van der Waals surface area contributed by atoms with Crippen LogP contribution in [0.2, 0.25) is 0 Å². The average molecular weight is 286 g/mol. The van der Waals surface area contributed by atoms with Gasteiger partial charge in [0.05, 0.1) is 6.10 Å². The number of carboxylic acids is 1. The summed E-state index contributed by atoms with van der Waals surface area (Å²) in [5.74, 6) is -1.16. The van der Waals surface area contributed by atoms with Crippen molar-refractivity contribution in [3.8, 4) is 0 Å². The van der Waals surface area contributed by atoms with Crippen molar-refractivity contribution in [1.82, 2.24) is 0 Å². The Labute approximate surface area is 122 Å². The van der Waals surface area contributed by atoms with E-state index in [1.807, 2.05) is 6.92 Å². The number of esters is 1. The zero-order valence-electron chi connectivity index (χ0n) is 13.9. The minimum Gasteiger partial charge on any atom is -0.480 e. The summed E-state index contributed by atoms with van der Waals surface area (Å²) in [6.07, 6.45) is 2.58. The number of carbonyl (C=O) groups excluding carboxylic acids is 1. The summed E-state index contributed by atoms with van der Waals surface area (Å²) in [5.41, 5.74) is -2.23. The maximum atomic E-state index is 12.3. The Hall–Kier alpha value is -1.06. The molecule has 118 valence electrons. The third-order valence-electron chi connectivity index (χ3n) is 4.04. The highest BCUT2D eigenvalue weighted by Gasteiger charge is 2.52. The predicted molar refractivity (Wildman–Crippen MR) is 79.4 cm³/mol. The molecule has 0 amide bonds. The Morgan fingerprint density at radius 1 is 1.05 bits per heavy atom. The number of rotatable bonds is 7. The van der Waals surface area contributed by atoms with Crippen LogP contribution >= 0.6 is 0 Å². The van der Waals surface area contributed by atoms with Gasteiger partial charge in [-0.25, -0.2) is 0 Å². The number of hydrogen-bond donors (Lipinski definition) is 1. The lowest BCUT2D eigenvalue weighted by atomic mass is 9.68. The van der Waals surface area contributed by atoms with E-state index < -0.39 is 22.8 Å². The van der Waals surface area contributed by atoms with E-state index >= 15 is 0 Å². The van der Waals surface area contributed by atoms with Gasteiger partial charge in [-0.2, -0.15) is 0 Å². The largest absolute Gasteiger partial charge is 0.480 e. The van der Waals surface area contributed by atoms with Gasteiger partial charge in [0.25, 0.3) is 0 Å². The topological polar surface area (TPSA) is 63.6 Å². The molecule has 0 rings (SSSR count). The molecule has 0 fully saturated rings. The third kappa shape index (κ3) is 4.80.